The summed E-state index contributed by atoms with van der Waals surface area (Å²) < 4.78 is 5.60. The van der Waals surface area contributed by atoms with Gasteiger partial charge in [0.2, 0.25) is 0 Å². The Bertz CT molecular complexity index is 874. The molecule has 2 aromatic carbocycles. The van der Waals surface area contributed by atoms with Crippen LogP contribution < -0.4 is 4.74 Å². The zero-order chi connectivity index (χ0) is 19.6. The number of ether oxygens (including phenoxy) is 1. The van der Waals surface area contributed by atoms with Crippen molar-refractivity contribution in [2.75, 3.05) is 13.1 Å². The van der Waals surface area contributed by atoms with Crippen molar-refractivity contribution in [3.05, 3.63) is 52.5 Å². The summed E-state index contributed by atoms with van der Waals surface area (Å²) in [6, 6.07) is 10.6. The number of likely N-dealkylation sites (tertiary alicyclic amines) is 1. The van der Waals surface area contributed by atoms with Crippen molar-refractivity contribution in [3.63, 3.8) is 0 Å². The van der Waals surface area contributed by atoms with Crippen molar-refractivity contribution in [1.82, 2.24) is 4.90 Å². The van der Waals surface area contributed by atoms with E-state index in [0.29, 0.717) is 21.9 Å². The van der Waals surface area contributed by atoms with Crippen LogP contribution in [-0.4, -0.2) is 41.1 Å². The van der Waals surface area contributed by atoms with Crippen molar-refractivity contribution >= 4 is 23.5 Å². The van der Waals surface area contributed by atoms with E-state index in [9.17, 15) is 9.59 Å². The minimum Gasteiger partial charge on any atom is -0.479 e. The van der Waals surface area contributed by atoms with Gasteiger partial charge >= 0.3 is 5.97 Å². The predicted octanol–water partition coefficient (Wildman–Crippen LogP) is 4.40. The summed E-state index contributed by atoms with van der Waals surface area (Å²) in [6.45, 7) is 5.00. The molecular formula is C21H22ClNO4. The molecule has 3 rings (SSSR count). The first-order valence-corrected chi connectivity index (χ1v) is 9.34. The van der Waals surface area contributed by atoms with Gasteiger partial charge in [0.15, 0.2) is 6.10 Å². The fourth-order valence-electron chi connectivity index (χ4n) is 3.26. The largest absolute Gasteiger partial charge is 0.479 e. The molecule has 0 aliphatic carbocycles. The average Bonchev–Trinajstić information content (AvgIpc) is 3.17. The van der Waals surface area contributed by atoms with Gasteiger partial charge in [0.25, 0.3) is 5.91 Å². The lowest BCUT2D eigenvalue weighted by Gasteiger charge is -2.18. The molecule has 0 spiro atoms. The van der Waals surface area contributed by atoms with E-state index in [1.807, 2.05) is 24.0 Å². The Morgan fingerprint density at radius 3 is 2.44 bits per heavy atom. The lowest BCUT2D eigenvalue weighted by atomic mass is 9.97. The van der Waals surface area contributed by atoms with Crippen LogP contribution in [0.2, 0.25) is 5.02 Å². The average molecular weight is 388 g/mol. The highest BCUT2D eigenvalue weighted by Crippen LogP contribution is 2.35. The molecule has 142 valence electrons. The second-order valence-corrected chi connectivity index (χ2v) is 7.20. The third kappa shape index (κ3) is 4.25. The molecule has 5 nitrogen and oxygen atoms in total. The number of nitrogens with zero attached hydrogens (tertiary/aromatic N) is 1. The van der Waals surface area contributed by atoms with Crippen LogP contribution >= 0.6 is 11.6 Å². The number of carboxylic acids is 1. The van der Waals surface area contributed by atoms with E-state index in [0.717, 1.165) is 37.1 Å². The van der Waals surface area contributed by atoms with Crippen LogP contribution in [0.25, 0.3) is 11.1 Å². The van der Waals surface area contributed by atoms with Gasteiger partial charge in [0.05, 0.1) is 0 Å². The maximum Gasteiger partial charge on any atom is 0.344 e. The monoisotopic (exact) mass is 387 g/mol. The van der Waals surface area contributed by atoms with Gasteiger partial charge in [-0.05, 0) is 68.1 Å². The van der Waals surface area contributed by atoms with Crippen LogP contribution in [0.15, 0.2) is 36.4 Å². The maximum absolute atomic E-state index is 12.6. The summed E-state index contributed by atoms with van der Waals surface area (Å²) in [4.78, 5) is 25.6. The number of hydrogen-bond acceptors (Lipinski definition) is 3. The lowest BCUT2D eigenvalue weighted by Crippen LogP contribution is -2.27. The number of benzene rings is 2. The summed E-state index contributed by atoms with van der Waals surface area (Å²) in [5.74, 6) is -0.556. The molecule has 1 aliphatic rings. The standard InChI is InChI=1S/C21H22ClNO4/c1-13-11-15(20(24)23-9-3-4-10-23)5-7-17(13)18-12-16(22)6-8-19(18)27-14(2)21(25)26/h5-8,11-12,14H,3-4,9-10H2,1-2H3,(H,25,26). The van der Waals surface area contributed by atoms with Crippen molar-refractivity contribution in [2.45, 2.75) is 32.8 Å². The van der Waals surface area contributed by atoms with Gasteiger partial charge in [0.1, 0.15) is 5.75 Å². The SMILES string of the molecule is Cc1cc(C(=O)N2CCCC2)ccc1-c1cc(Cl)ccc1OC(C)C(=O)O. The first-order valence-electron chi connectivity index (χ1n) is 8.96. The minimum absolute atomic E-state index is 0.0456. The zero-order valence-electron chi connectivity index (χ0n) is 15.4. The number of hydrogen-bond donors (Lipinski definition) is 1. The van der Waals surface area contributed by atoms with Crippen molar-refractivity contribution in [1.29, 1.82) is 0 Å². The van der Waals surface area contributed by atoms with Gasteiger partial charge in [-0.15, -0.1) is 0 Å². The molecule has 1 saturated heterocycles. The van der Waals surface area contributed by atoms with E-state index in [4.69, 9.17) is 21.4 Å². The van der Waals surface area contributed by atoms with Crippen molar-refractivity contribution in [3.8, 4) is 16.9 Å². The number of aliphatic carboxylic acids is 1. The van der Waals surface area contributed by atoms with Crippen LogP contribution in [0.5, 0.6) is 5.75 Å². The van der Waals surface area contributed by atoms with Crippen LogP contribution in [0.3, 0.4) is 0 Å². The van der Waals surface area contributed by atoms with E-state index in [1.165, 1.54) is 6.92 Å². The summed E-state index contributed by atoms with van der Waals surface area (Å²) in [6.07, 6.45) is 1.11. The molecule has 1 heterocycles. The number of carbonyl (C=O) groups is 2. The van der Waals surface area contributed by atoms with Crippen molar-refractivity contribution < 1.29 is 19.4 Å². The molecule has 2 aromatic rings. The number of rotatable bonds is 5. The Morgan fingerprint density at radius 1 is 1.11 bits per heavy atom. The summed E-state index contributed by atoms with van der Waals surface area (Å²) in [7, 11) is 0. The minimum atomic E-state index is -1.04. The first-order chi connectivity index (χ1) is 12.9. The highest BCUT2D eigenvalue weighted by Gasteiger charge is 2.21. The van der Waals surface area contributed by atoms with Crippen LogP contribution in [0, 0.1) is 6.92 Å². The fraction of sp³-hybridized carbons (Fsp3) is 0.333. The molecule has 0 bridgehead atoms. The van der Waals surface area contributed by atoms with Gasteiger partial charge in [-0.1, -0.05) is 17.7 Å². The number of amides is 1. The second kappa shape index (κ2) is 8.01. The third-order valence-corrected chi connectivity index (χ3v) is 4.99. The summed E-state index contributed by atoms with van der Waals surface area (Å²) >= 11 is 6.15. The highest BCUT2D eigenvalue weighted by atomic mass is 35.5. The van der Waals surface area contributed by atoms with Crippen LogP contribution in [0.1, 0.15) is 35.7 Å². The Morgan fingerprint density at radius 2 is 1.81 bits per heavy atom. The number of aryl methyl sites for hydroxylation is 1. The Kier molecular flexibility index (Phi) is 5.71. The molecule has 0 radical (unpaired) electrons. The van der Waals surface area contributed by atoms with Gasteiger partial charge in [-0.3, -0.25) is 4.79 Å². The number of carbonyl (C=O) groups excluding carboxylic acids is 1. The zero-order valence-corrected chi connectivity index (χ0v) is 16.1. The molecule has 6 heteroatoms. The fourth-order valence-corrected chi connectivity index (χ4v) is 3.43. The van der Waals surface area contributed by atoms with E-state index in [-0.39, 0.29) is 5.91 Å². The Balaban J connectivity index is 1.95. The maximum atomic E-state index is 12.6. The number of carboxylic acid groups (broad SMARTS) is 1. The molecular weight excluding hydrogens is 366 g/mol. The van der Waals surface area contributed by atoms with E-state index in [1.54, 1.807) is 24.3 Å². The van der Waals surface area contributed by atoms with Gasteiger partial charge in [0, 0.05) is 29.2 Å². The molecule has 1 fully saturated rings. The lowest BCUT2D eigenvalue weighted by molar-refractivity contribution is -0.144. The smallest absolute Gasteiger partial charge is 0.344 e. The molecule has 1 atom stereocenters. The highest BCUT2D eigenvalue weighted by molar-refractivity contribution is 6.31. The van der Waals surface area contributed by atoms with E-state index < -0.39 is 12.1 Å². The third-order valence-electron chi connectivity index (χ3n) is 4.75. The molecule has 27 heavy (non-hydrogen) atoms. The van der Waals surface area contributed by atoms with Gasteiger partial charge in [-0.2, -0.15) is 0 Å². The molecule has 0 saturated carbocycles. The quantitative estimate of drug-likeness (QED) is 0.825. The van der Waals surface area contributed by atoms with E-state index in [2.05, 4.69) is 0 Å². The molecule has 1 aliphatic heterocycles. The summed E-state index contributed by atoms with van der Waals surface area (Å²) in [5.41, 5.74) is 3.10. The normalized spacial score (nSPS) is 14.9. The second-order valence-electron chi connectivity index (χ2n) is 6.77. The van der Waals surface area contributed by atoms with Gasteiger partial charge in [-0.25, -0.2) is 4.79 Å². The first kappa shape index (κ1) is 19.2. The van der Waals surface area contributed by atoms with E-state index >= 15 is 0 Å². The molecule has 1 amide bonds. The van der Waals surface area contributed by atoms with Crippen LogP contribution in [-0.2, 0) is 4.79 Å². The van der Waals surface area contributed by atoms with Crippen molar-refractivity contribution in [2.24, 2.45) is 0 Å². The molecule has 1 N–H and O–H groups in total. The number of halogens is 1. The predicted molar refractivity (Wildman–Crippen MR) is 104 cm³/mol. The molecule has 0 aromatic heterocycles. The topological polar surface area (TPSA) is 66.8 Å². The van der Waals surface area contributed by atoms with Crippen LogP contribution in [0.4, 0.5) is 0 Å². The molecule has 1 unspecified atom stereocenters. The Hall–Kier alpha value is -2.53. The summed E-state index contributed by atoms with van der Waals surface area (Å²) in [5, 5.41) is 9.65. The Labute approximate surface area is 163 Å². The van der Waals surface area contributed by atoms with Gasteiger partial charge < -0.3 is 14.7 Å².